The standard InChI is InChI=1S/C19H27NO.ClH/c1-2-3-4-5-6-9-14-20-15-18-17-11-8-7-10-16(17)12-13-19(18)21;/h7-8,10-13,20-21H,2-6,9,14-15H2,1H3;1H. The molecule has 2 aromatic carbocycles. The number of hydrogen-bond acceptors (Lipinski definition) is 2. The lowest BCUT2D eigenvalue weighted by molar-refractivity contribution is 0.465. The average Bonchev–Trinajstić information content (AvgIpc) is 2.51. The maximum atomic E-state index is 10.1. The van der Waals surface area contributed by atoms with Crippen molar-refractivity contribution < 1.29 is 5.11 Å². The molecule has 0 bridgehead atoms. The molecule has 2 aromatic rings. The van der Waals surface area contributed by atoms with Crippen molar-refractivity contribution in [3.8, 4) is 5.75 Å². The van der Waals surface area contributed by atoms with Crippen LogP contribution in [-0.2, 0) is 6.54 Å². The highest BCUT2D eigenvalue weighted by molar-refractivity contribution is 5.87. The summed E-state index contributed by atoms with van der Waals surface area (Å²) in [6.45, 7) is 4.01. The summed E-state index contributed by atoms with van der Waals surface area (Å²) >= 11 is 0. The summed E-state index contributed by atoms with van der Waals surface area (Å²) in [5.41, 5.74) is 1.01. The monoisotopic (exact) mass is 321 g/mol. The number of phenols is 1. The van der Waals surface area contributed by atoms with Gasteiger partial charge in [-0.2, -0.15) is 0 Å². The van der Waals surface area contributed by atoms with Crippen LogP contribution in [0.15, 0.2) is 36.4 Å². The van der Waals surface area contributed by atoms with Crippen molar-refractivity contribution >= 4 is 23.2 Å². The maximum absolute atomic E-state index is 10.1. The molecular weight excluding hydrogens is 294 g/mol. The minimum Gasteiger partial charge on any atom is -0.508 e. The molecule has 0 fully saturated rings. The van der Waals surface area contributed by atoms with E-state index >= 15 is 0 Å². The zero-order valence-electron chi connectivity index (χ0n) is 13.5. The second-order valence-corrected chi connectivity index (χ2v) is 5.73. The third kappa shape index (κ3) is 5.51. The Morgan fingerprint density at radius 3 is 2.45 bits per heavy atom. The Balaban J connectivity index is 0.00000242. The second-order valence-electron chi connectivity index (χ2n) is 5.73. The third-order valence-corrected chi connectivity index (χ3v) is 4.02. The molecule has 0 aliphatic rings. The molecule has 0 saturated carbocycles. The first-order valence-corrected chi connectivity index (χ1v) is 8.23. The molecule has 2 nitrogen and oxygen atoms in total. The minimum absolute atomic E-state index is 0. The number of halogens is 1. The van der Waals surface area contributed by atoms with Gasteiger partial charge in [-0.25, -0.2) is 0 Å². The zero-order valence-corrected chi connectivity index (χ0v) is 14.3. The summed E-state index contributed by atoms with van der Waals surface area (Å²) in [5.74, 6) is 0.393. The molecule has 122 valence electrons. The van der Waals surface area contributed by atoms with Crippen LogP contribution in [0, 0.1) is 0 Å². The van der Waals surface area contributed by atoms with E-state index in [2.05, 4.69) is 24.4 Å². The predicted octanol–water partition coefficient (Wildman–Crippen LogP) is 5.42. The maximum Gasteiger partial charge on any atom is 0.120 e. The highest BCUT2D eigenvalue weighted by atomic mass is 35.5. The summed E-state index contributed by atoms with van der Waals surface area (Å²) < 4.78 is 0. The lowest BCUT2D eigenvalue weighted by Gasteiger charge is -2.10. The van der Waals surface area contributed by atoms with Gasteiger partial charge in [0.05, 0.1) is 0 Å². The fraction of sp³-hybridized carbons (Fsp3) is 0.474. The smallest absolute Gasteiger partial charge is 0.120 e. The Morgan fingerprint density at radius 2 is 1.64 bits per heavy atom. The van der Waals surface area contributed by atoms with E-state index in [1.54, 1.807) is 6.07 Å². The summed E-state index contributed by atoms with van der Waals surface area (Å²) in [4.78, 5) is 0. The summed E-state index contributed by atoms with van der Waals surface area (Å²) in [6, 6.07) is 12.0. The van der Waals surface area contributed by atoms with E-state index in [0.29, 0.717) is 5.75 Å². The van der Waals surface area contributed by atoms with Gasteiger partial charge in [-0.3, -0.25) is 0 Å². The number of unbranched alkanes of at least 4 members (excludes halogenated alkanes) is 5. The van der Waals surface area contributed by atoms with Crippen molar-refractivity contribution in [1.82, 2.24) is 5.32 Å². The largest absolute Gasteiger partial charge is 0.508 e. The Kier molecular flexibility index (Phi) is 8.95. The molecule has 2 rings (SSSR count). The zero-order chi connectivity index (χ0) is 14.9. The van der Waals surface area contributed by atoms with Crippen LogP contribution in [0.25, 0.3) is 10.8 Å². The number of benzene rings is 2. The van der Waals surface area contributed by atoms with Gasteiger partial charge < -0.3 is 10.4 Å². The molecule has 0 aliphatic heterocycles. The molecule has 0 heterocycles. The first-order chi connectivity index (χ1) is 10.3. The lowest BCUT2D eigenvalue weighted by atomic mass is 10.0. The molecule has 0 amide bonds. The van der Waals surface area contributed by atoms with Crippen molar-refractivity contribution in [3.05, 3.63) is 42.0 Å². The third-order valence-electron chi connectivity index (χ3n) is 4.02. The molecule has 0 aliphatic carbocycles. The quantitative estimate of drug-likeness (QED) is 0.605. The Bertz CT molecular complexity index is 556. The molecule has 0 atom stereocenters. The SMILES string of the molecule is CCCCCCCCNCc1c(O)ccc2ccccc12.Cl. The molecule has 22 heavy (non-hydrogen) atoms. The topological polar surface area (TPSA) is 32.3 Å². The fourth-order valence-electron chi connectivity index (χ4n) is 2.75. The van der Waals surface area contributed by atoms with Gasteiger partial charge in [0.2, 0.25) is 0 Å². The van der Waals surface area contributed by atoms with Crippen molar-refractivity contribution in [2.75, 3.05) is 6.54 Å². The van der Waals surface area contributed by atoms with Gasteiger partial charge in [0.1, 0.15) is 5.75 Å². The van der Waals surface area contributed by atoms with E-state index in [-0.39, 0.29) is 12.4 Å². The van der Waals surface area contributed by atoms with Gasteiger partial charge in [0, 0.05) is 12.1 Å². The predicted molar refractivity (Wildman–Crippen MR) is 97.9 cm³/mol. The first kappa shape index (κ1) is 18.8. The van der Waals surface area contributed by atoms with Crippen LogP contribution >= 0.6 is 12.4 Å². The fourth-order valence-corrected chi connectivity index (χ4v) is 2.75. The van der Waals surface area contributed by atoms with Crippen LogP contribution in [0.2, 0.25) is 0 Å². The Morgan fingerprint density at radius 1 is 0.909 bits per heavy atom. The van der Waals surface area contributed by atoms with Gasteiger partial charge in [0.25, 0.3) is 0 Å². The van der Waals surface area contributed by atoms with Crippen LogP contribution < -0.4 is 5.32 Å². The van der Waals surface area contributed by atoms with Crippen molar-refractivity contribution in [2.24, 2.45) is 0 Å². The van der Waals surface area contributed by atoms with Gasteiger partial charge in [-0.1, -0.05) is 69.4 Å². The normalized spacial score (nSPS) is 10.6. The highest BCUT2D eigenvalue weighted by Crippen LogP contribution is 2.26. The van der Waals surface area contributed by atoms with Crippen molar-refractivity contribution in [2.45, 2.75) is 52.0 Å². The molecular formula is C19H28ClNO. The molecule has 0 aromatic heterocycles. The van der Waals surface area contributed by atoms with Gasteiger partial charge in [-0.05, 0) is 29.8 Å². The second kappa shape index (κ2) is 10.5. The molecule has 0 spiro atoms. The van der Waals surface area contributed by atoms with E-state index in [9.17, 15) is 5.11 Å². The van der Waals surface area contributed by atoms with Crippen molar-refractivity contribution in [1.29, 1.82) is 0 Å². The number of hydrogen-bond donors (Lipinski definition) is 2. The highest BCUT2D eigenvalue weighted by Gasteiger charge is 2.05. The van der Waals surface area contributed by atoms with Crippen LogP contribution in [0.4, 0.5) is 0 Å². The molecule has 2 N–H and O–H groups in total. The molecule has 0 radical (unpaired) electrons. The van der Waals surface area contributed by atoms with Crippen molar-refractivity contribution in [3.63, 3.8) is 0 Å². The van der Waals surface area contributed by atoms with Gasteiger partial charge in [-0.15, -0.1) is 12.4 Å². The Labute approximate surface area is 140 Å². The first-order valence-electron chi connectivity index (χ1n) is 8.23. The Hall–Kier alpha value is -1.25. The molecule has 3 heteroatoms. The van der Waals surface area contributed by atoms with Gasteiger partial charge >= 0.3 is 0 Å². The van der Waals surface area contributed by atoms with E-state index in [0.717, 1.165) is 24.0 Å². The average molecular weight is 322 g/mol. The summed E-state index contributed by atoms with van der Waals surface area (Å²) in [6.07, 6.45) is 7.88. The number of nitrogens with one attached hydrogen (secondary N) is 1. The molecule has 0 saturated heterocycles. The van der Waals surface area contributed by atoms with Crippen LogP contribution in [0.3, 0.4) is 0 Å². The van der Waals surface area contributed by atoms with Crippen LogP contribution in [-0.4, -0.2) is 11.7 Å². The molecule has 0 unspecified atom stereocenters. The van der Waals surface area contributed by atoms with Crippen LogP contribution in [0.1, 0.15) is 51.0 Å². The summed E-state index contributed by atoms with van der Waals surface area (Å²) in [7, 11) is 0. The number of aromatic hydroxyl groups is 1. The van der Waals surface area contributed by atoms with E-state index < -0.39 is 0 Å². The van der Waals surface area contributed by atoms with Crippen LogP contribution in [0.5, 0.6) is 5.75 Å². The number of fused-ring (bicyclic) bond motifs is 1. The number of phenolic OH excluding ortho intramolecular Hbond substituents is 1. The van der Waals surface area contributed by atoms with E-state index in [1.165, 1.54) is 43.9 Å². The van der Waals surface area contributed by atoms with E-state index in [4.69, 9.17) is 0 Å². The number of rotatable bonds is 9. The minimum atomic E-state index is 0. The summed E-state index contributed by atoms with van der Waals surface area (Å²) in [5, 5.41) is 15.9. The lowest BCUT2D eigenvalue weighted by Crippen LogP contribution is -2.15. The van der Waals surface area contributed by atoms with Gasteiger partial charge in [0.15, 0.2) is 0 Å². The van der Waals surface area contributed by atoms with E-state index in [1.807, 2.05) is 18.2 Å².